The molecule has 0 aliphatic carbocycles. The number of unbranched alkanes of at least 4 members (excludes halogenated alkanes) is 1. The molecule has 0 fully saturated rings. The Morgan fingerprint density at radius 1 is 1.50 bits per heavy atom. The number of carbonyl (C=O) groups is 1. The average molecular weight is 260 g/mol. The van der Waals surface area contributed by atoms with E-state index in [1.165, 1.54) is 0 Å². The fourth-order valence-corrected chi connectivity index (χ4v) is 1.19. The van der Waals surface area contributed by atoms with Gasteiger partial charge in [0.25, 0.3) is 0 Å². The Morgan fingerprint density at radius 3 is 2.64 bits per heavy atom. The van der Waals surface area contributed by atoms with Crippen molar-refractivity contribution < 1.29 is 39.1 Å². The summed E-state index contributed by atoms with van der Waals surface area (Å²) in [5.41, 5.74) is 0. The topological polar surface area (TPSA) is 26.3 Å². The zero-order valence-electron chi connectivity index (χ0n) is 8.58. The smallest absolute Gasteiger partial charge is 0.713 e. The summed E-state index contributed by atoms with van der Waals surface area (Å²) in [6, 6.07) is 0. The van der Waals surface area contributed by atoms with Gasteiger partial charge in [-0.3, -0.25) is 15.6 Å². The molecule has 0 aliphatic rings. The van der Waals surface area contributed by atoms with E-state index in [-0.39, 0.29) is 35.5 Å². The van der Waals surface area contributed by atoms with Crippen molar-refractivity contribution in [3.8, 4) is 0 Å². The average Bonchev–Trinajstić information content (AvgIpc) is 2.14. The molecule has 0 bridgehead atoms. The Hall–Kier alpha value is 1.26. The predicted octanol–water partition coefficient (Wildman–Crippen LogP) is -0.364. The number of thiocarbonyl (C=S) groups is 1. The van der Waals surface area contributed by atoms with Crippen LogP contribution >= 0.6 is 23.0 Å². The van der Waals surface area contributed by atoms with E-state index in [4.69, 9.17) is 17.0 Å². The summed E-state index contributed by atoms with van der Waals surface area (Å²) < 4.78 is 5.62. The maximum atomic E-state index is 11.0. The number of rotatable bonds is 6. The molecule has 0 unspecified atom stereocenters. The third-order valence-corrected chi connectivity index (χ3v) is 3.15. The normalized spacial score (nSPS) is 9.00. The molecule has 76 valence electrons. The first kappa shape index (κ1) is 17.6. The van der Waals surface area contributed by atoms with Gasteiger partial charge in [-0.05, 0) is 12.8 Å². The second-order valence-corrected chi connectivity index (χ2v) is 4.44. The minimum absolute atomic E-state index is 0. The largest absolute Gasteiger partial charge is 1.00 e. The molecule has 0 saturated carbocycles. The van der Waals surface area contributed by atoms with Gasteiger partial charge >= 0.3 is 35.5 Å². The molecule has 0 aromatic carbocycles. The SMILES string of the molecule is CCCCOC(=O)CCC(=S)S[S-].[Na+]. The van der Waals surface area contributed by atoms with Crippen molar-refractivity contribution in [1.82, 2.24) is 0 Å². The third-order valence-electron chi connectivity index (χ3n) is 1.39. The summed E-state index contributed by atoms with van der Waals surface area (Å²) >= 11 is 9.52. The Labute approximate surface area is 122 Å². The van der Waals surface area contributed by atoms with E-state index < -0.39 is 0 Å². The van der Waals surface area contributed by atoms with Crippen LogP contribution in [-0.4, -0.2) is 16.8 Å². The van der Waals surface area contributed by atoms with Crippen LogP contribution in [0.1, 0.15) is 32.6 Å². The number of hydrogen-bond donors (Lipinski definition) is 0. The fraction of sp³-hybridized carbons (Fsp3) is 0.750. The summed E-state index contributed by atoms with van der Waals surface area (Å²) in [4.78, 5) is 11.0. The number of carbonyl (C=O) groups excluding carboxylic acids is 1. The van der Waals surface area contributed by atoms with Crippen LogP contribution in [0.3, 0.4) is 0 Å². The van der Waals surface area contributed by atoms with Gasteiger partial charge in [0.1, 0.15) is 0 Å². The molecule has 2 nitrogen and oxygen atoms in total. The van der Waals surface area contributed by atoms with Gasteiger partial charge in [-0.1, -0.05) is 25.6 Å². The molecule has 0 aromatic heterocycles. The Morgan fingerprint density at radius 2 is 2.14 bits per heavy atom. The molecule has 0 saturated heterocycles. The zero-order valence-corrected chi connectivity index (χ0v) is 13.0. The van der Waals surface area contributed by atoms with E-state index >= 15 is 0 Å². The molecule has 0 heterocycles. The monoisotopic (exact) mass is 260 g/mol. The summed E-state index contributed by atoms with van der Waals surface area (Å²) in [6.45, 7) is 2.57. The van der Waals surface area contributed by atoms with Crippen LogP contribution in [0.25, 0.3) is 0 Å². The quantitative estimate of drug-likeness (QED) is 0.162. The minimum Gasteiger partial charge on any atom is -0.713 e. The molecule has 0 atom stereocenters. The third kappa shape index (κ3) is 11.3. The van der Waals surface area contributed by atoms with E-state index in [0.717, 1.165) is 23.6 Å². The van der Waals surface area contributed by atoms with E-state index in [1.54, 1.807) is 0 Å². The second-order valence-electron chi connectivity index (χ2n) is 2.53. The number of esters is 1. The molecular formula is C8H13NaO2S3. The molecule has 0 N–H and O–H groups in total. The molecular weight excluding hydrogens is 247 g/mol. The van der Waals surface area contributed by atoms with Crippen LogP contribution in [0.15, 0.2) is 0 Å². The van der Waals surface area contributed by atoms with Crippen LogP contribution in [-0.2, 0) is 21.2 Å². The van der Waals surface area contributed by atoms with Crippen molar-refractivity contribution in [3.05, 3.63) is 0 Å². The predicted molar refractivity (Wildman–Crippen MR) is 62.7 cm³/mol. The Balaban J connectivity index is 0. The van der Waals surface area contributed by atoms with Gasteiger partial charge in [-0.2, -0.15) is 0 Å². The molecule has 6 heteroatoms. The standard InChI is InChI=1S/C8H14O2S3.Na/c1-2-3-6-10-7(9)4-5-8(11)13-12;/h12H,2-6H2,1H3;/q;+1/p-1. The van der Waals surface area contributed by atoms with Crippen LogP contribution < -0.4 is 29.6 Å². The molecule has 0 rings (SSSR count). The van der Waals surface area contributed by atoms with Crippen LogP contribution in [0.2, 0.25) is 0 Å². The van der Waals surface area contributed by atoms with E-state index in [2.05, 4.69) is 18.6 Å². The molecule has 0 amide bonds. The molecule has 14 heavy (non-hydrogen) atoms. The number of hydrogen-bond acceptors (Lipinski definition) is 5. The van der Waals surface area contributed by atoms with Gasteiger partial charge in [0, 0.05) is 4.20 Å². The van der Waals surface area contributed by atoms with Crippen molar-refractivity contribution in [2.45, 2.75) is 32.6 Å². The van der Waals surface area contributed by atoms with Gasteiger partial charge < -0.3 is 16.4 Å². The van der Waals surface area contributed by atoms with E-state index in [1.807, 2.05) is 0 Å². The van der Waals surface area contributed by atoms with Crippen molar-refractivity contribution >= 4 is 44.8 Å². The van der Waals surface area contributed by atoms with Crippen LogP contribution in [0, 0.1) is 0 Å². The molecule has 0 spiro atoms. The Bertz CT molecular complexity index is 176. The summed E-state index contributed by atoms with van der Waals surface area (Å²) in [6.07, 6.45) is 2.86. The van der Waals surface area contributed by atoms with Gasteiger partial charge in [0.05, 0.1) is 13.0 Å². The maximum Gasteiger partial charge on any atom is 1.00 e. The second kappa shape index (κ2) is 12.3. The summed E-state index contributed by atoms with van der Waals surface area (Å²) in [5, 5.41) is 0. The molecule has 0 radical (unpaired) electrons. The van der Waals surface area contributed by atoms with Gasteiger partial charge in [0.15, 0.2) is 0 Å². The van der Waals surface area contributed by atoms with E-state index in [9.17, 15) is 4.79 Å². The molecule has 0 aliphatic heterocycles. The van der Waals surface area contributed by atoms with Gasteiger partial charge in [-0.15, -0.1) is 0 Å². The maximum absolute atomic E-state index is 11.0. The van der Waals surface area contributed by atoms with Crippen molar-refractivity contribution in [3.63, 3.8) is 0 Å². The van der Waals surface area contributed by atoms with Crippen LogP contribution in [0.4, 0.5) is 0 Å². The van der Waals surface area contributed by atoms with Crippen molar-refractivity contribution in [2.24, 2.45) is 0 Å². The van der Waals surface area contributed by atoms with Crippen LogP contribution in [0.5, 0.6) is 0 Å². The summed E-state index contributed by atoms with van der Waals surface area (Å²) in [7, 11) is 1.10. The zero-order chi connectivity index (χ0) is 10.1. The van der Waals surface area contributed by atoms with Crippen molar-refractivity contribution in [2.75, 3.05) is 6.61 Å². The van der Waals surface area contributed by atoms with Crippen molar-refractivity contribution in [1.29, 1.82) is 0 Å². The first-order chi connectivity index (χ1) is 6.20. The first-order valence-corrected chi connectivity index (χ1v) is 6.34. The molecule has 0 aromatic rings. The Kier molecular flexibility index (Phi) is 15.5. The van der Waals surface area contributed by atoms with E-state index in [0.29, 0.717) is 23.6 Å². The van der Waals surface area contributed by atoms with Gasteiger partial charge in [0.2, 0.25) is 0 Å². The van der Waals surface area contributed by atoms with Gasteiger partial charge in [-0.25, -0.2) is 0 Å². The minimum atomic E-state index is -0.181. The number of ether oxygens (including phenoxy) is 1. The fourth-order valence-electron chi connectivity index (χ4n) is 0.648. The first-order valence-electron chi connectivity index (χ1n) is 4.19. The summed E-state index contributed by atoms with van der Waals surface area (Å²) in [5.74, 6) is -0.181.